The Morgan fingerprint density at radius 1 is 1.30 bits per heavy atom. The van der Waals surface area contributed by atoms with Crippen LogP contribution in [-0.2, 0) is 13.1 Å². The zero-order chi connectivity index (χ0) is 16.8. The van der Waals surface area contributed by atoms with Gasteiger partial charge < -0.3 is 15.1 Å². The van der Waals surface area contributed by atoms with Crippen LogP contribution in [0.3, 0.4) is 0 Å². The van der Waals surface area contributed by atoms with Crippen molar-refractivity contribution in [2.24, 2.45) is 4.99 Å². The molecule has 0 saturated carbocycles. The number of aromatic nitrogens is 1. The Bertz CT molecular complexity index is 668. The summed E-state index contributed by atoms with van der Waals surface area (Å²) in [7, 11) is 7.75. The highest BCUT2D eigenvalue weighted by molar-refractivity contribution is 7.13. The Morgan fingerprint density at radius 3 is 2.65 bits per heavy atom. The van der Waals surface area contributed by atoms with Gasteiger partial charge in [-0.1, -0.05) is 29.8 Å². The molecule has 7 heteroatoms. The van der Waals surface area contributed by atoms with Gasteiger partial charge in [0.1, 0.15) is 0 Å². The second-order valence-corrected chi connectivity index (χ2v) is 6.61. The summed E-state index contributed by atoms with van der Waals surface area (Å²) < 4.78 is 0. The molecule has 0 radical (unpaired) electrons. The van der Waals surface area contributed by atoms with E-state index in [-0.39, 0.29) is 0 Å². The number of rotatable bonds is 5. The van der Waals surface area contributed by atoms with Crippen molar-refractivity contribution in [3.63, 3.8) is 0 Å². The van der Waals surface area contributed by atoms with Crippen LogP contribution in [0.5, 0.6) is 0 Å². The molecule has 1 N–H and O–H groups in total. The first-order valence-electron chi connectivity index (χ1n) is 7.28. The van der Waals surface area contributed by atoms with E-state index < -0.39 is 0 Å². The molecule has 23 heavy (non-hydrogen) atoms. The largest absolute Gasteiger partial charge is 0.354 e. The zero-order valence-electron chi connectivity index (χ0n) is 13.9. The average molecular weight is 352 g/mol. The first kappa shape index (κ1) is 17.6. The van der Waals surface area contributed by atoms with E-state index in [4.69, 9.17) is 11.6 Å². The molecule has 1 heterocycles. The molecule has 0 amide bonds. The van der Waals surface area contributed by atoms with Crippen molar-refractivity contribution in [2.75, 3.05) is 33.1 Å². The summed E-state index contributed by atoms with van der Waals surface area (Å²) in [5.74, 6) is 0.810. The molecule has 124 valence electrons. The van der Waals surface area contributed by atoms with Gasteiger partial charge in [0, 0.05) is 45.1 Å². The fourth-order valence-corrected chi connectivity index (χ4v) is 3.05. The lowest BCUT2D eigenvalue weighted by molar-refractivity contribution is 0.476. The molecule has 0 atom stereocenters. The predicted octanol–water partition coefficient (Wildman–Crippen LogP) is 3.07. The first-order chi connectivity index (χ1) is 11.0. The number of halogens is 1. The Hall–Kier alpha value is -1.79. The van der Waals surface area contributed by atoms with Crippen molar-refractivity contribution in [3.8, 4) is 0 Å². The highest BCUT2D eigenvalue weighted by Crippen LogP contribution is 2.18. The van der Waals surface area contributed by atoms with Crippen LogP contribution in [0.15, 0.2) is 34.6 Å². The van der Waals surface area contributed by atoms with Crippen molar-refractivity contribution in [3.05, 3.63) is 45.9 Å². The van der Waals surface area contributed by atoms with Gasteiger partial charge in [-0.15, -0.1) is 11.3 Å². The topological polar surface area (TPSA) is 43.8 Å². The maximum Gasteiger partial charge on any atom is 0.194 e. The minimum Gasteiger partial charge on any atom is -0.354 e. The number of hydrogen-bond acceptors (Lipinski definition) is 4. The van der Waals surface area contributed by atoms with Gasteiger partial charge in [0.05, 0.1) is 12.2 Å². The Labute approximate surface area is 146 Å². The lowest BCUT2D eigenvalue weighted by atomic mass is 10.2. The fraction of sp³-hybridized carbons (Fsp3) is 0.375. The van der Waals surface area contributed by atoms with Crippen LogP contribution >= 0.6 is 22.9 Å². The van der Waals surface area contributed by atoms with Gasteiger partial charge in [0.25, 0.3) is 0 Å². The number of anilines is 1. The van der Waals surface area contributed by atoms with Gasteiger partial charge in [-0.2, -0.15) is 0 Å². The minimum atomic E-state index is 0.643. The smallest absolute Gasteiger partial charge is 0.194 e. The molecule has 2 aromatic rings. The molecule has 0 saturated heterocycles. The maximum atomic E-state index is 6.22. The van der Waals surface area contributed by atoms with Crippen molar-refractivity contribution in [1.82, 2.24) is 15.2 Å². The van der Waals surface area contributed by atoms with Crippen LogP contribution in [0.25, 0.3) is 0 Å². The van der Waals surface area contributed by atoms with Gasteiger partial charge in [0.2, 0.25) is 0 Å². The Morgan fingerprint density at radius 2 is 2.04 bits per heavy atom. The van der Waals surface area contributed by atoms with E-state index in [1.807, 2.05) is 55.2 Å². The molecule has 5 nitrogen and oxygen atoms in total. The van der Waals surface area contributed by atoms with Gasteiger partial charge >= 0.3 is 0 Å². The second kappa shape index (κ2) is 8.17. The van der Waals surface area contributed by atoms with Gasteiger partial charge in [-0.05, 0) is 11.6 Å². The standard InChI is InChI=1S/C16H22ClN5S/c1-18-15(19-9-13-11-23-16(20-13)21(2)3)22(4)10-12-7-5-6-8-14(12)17/h5-8,11H,9-10H2,1-4H3,(H,18,19). The average Bonchev–Trinajstić information content (AvgIpc) is 2.99. The molecule has 0 aliphatic heterocycles. The third-order valence-corrected chi connectivity index (χ3v) is 4.71. The Kier molecular flexibility index (Phi) is 6.24. The van der Waals surface area contributed by atoms with E-state index in [9.17, 15) is 0 Å². The molecule has 0 aliphatic rings. The van der Waals surface area contributed by atoms with E-state index in [1.54, 1.807) is 18.4 Å². The third kappa shape index (κ3) is 4.84. The molecular weight excluding hydrogens is 330 g/mol. The molecule has 0 unspecified atom stereocenters. The second-order valence-electron chi connectivity index (χ2n) is 5.36. The van der Waals surface area contributed by atoms with E-state index in [2.05, 4.69) is 20.7 Å². The van der Waals surface area contributed by atoms with Gasteiger partial charge in [-0.25, -0.2) is 4.98 Å². The lowest BCUT2D eigenvalue weighted by Crippen LogP contribution is -2.38. The number of benzene rings is 1. The van der Waals surface area contributed by atoms with Crippen LogP contribution in [0, 0.1) is 0 Å². The number of nitrogens with one attached hydrogen (secondary N) is 1. The van der Waals surface area contributed by atoms with Crippen LogP contribution in [0.4, 0.5) is 5.13 Å². The van der Waals surface area contributed by atoms with Crippen molar-refractivity contribution < 1.29 is 0 Å². The molecule has 0 spiro atoms. The summed E-state index contributed by atoms with van der Waals surface area (Å²) in [5, 5.41) is 7.16. The summed E-state index contributed by atoms with van der Waals surface area (Å²) in [4.78, 5) is 12.9. The molecule has 0 fully saturated rings. The van der Waals surface area contributed by atoms with E-state index in [0.29, 0.717) is 13.1 Å². The quantitative estimate of drug-likeness (QED) is 0.664. The monoisotopic (exact) mass is 351 g/mol. The summed E-state index contributed by atoms with van der Waals surface area (Å²) in [6.07, 6.45) is 0. The summed E-state index contributed by atoms with van der Waals surface area (Å²) >= 11 is 7.86. The van der Waals surface area contributed by atoms with Crippen LogP contribution in [-0.4, -0.2) is 44.0 Å². The maximum absolute atomic E-state index is 6.22. The number of aliphatic imine (C=N–C) groups is 1. The lowest BCUT2D eigenvalue weighted by Gasteiger charge is -2.22. The normalized spacial score (nSPS) is 11.4. The molecular formula is C16H22ClN5S. The molecule has 0 aliphatic carbocycles. The zero-order valence-corrected chi connectivity index (χ0v) is 15.4. The van der Waals surface area contributed by atoms with Crippen molar-refractivity contribution in [2.45, 2.75) is 13.1 Å². The van der Waals surface area contributed by atoms with Crippen molar-refractivity contribution >= 4 is 34.0 Å². The van der Waals surface area contributed by atoms with E-state index in [1.165, 1.54) is 0 Å². The highest BCUT2D eigenvalue weighted by Gasteiger charge is 2.10. The SMILES string of the molecule is CN=C(NCc1csc(N(C)C)n1)N(C)Cc1ccccc1Cl. The van der Waals surface area contributed by atoms with Crippen LogP contribution in [0.1, 0.15) is 11.3 Å². The third-order valence-electron chi connectivity index (χ3n) is 3.29. The van der Waals surface area contributed by atoms with Gasteiger partial charge in [-0.3, -0.25) is 4.99 Å². The number of nitrogens with zero attached hydrogens (tertiary/aromatic N) is 4. The first-order valence-corrected chi connectivity index (χ1v) is 8.54. The number of guanidine groups is 1. The highest BCUT2D eigenvalue weighted by atomic mass is 35.5. The minimum absolute atomic E-state index is 0.643. The predicted molar refractivity (Wildman–Crippen MR) is 99.6 cm³/mol. The van der Waals surface area contributed by atoms with Crippen LogP contribution < -0.4 is 10.2 Å². The van der Waals surface area contributed by atoms with Crippen molar-refractivity contribution in [1.29, 1.82) is 0 Å². The number of thiazole rings is 1. The van der Waals surface area contributed by atoms with Crippen LogP contribution in [0.2, 0.25) is 5.02 Å². The molecule has 1 aromatic carbocycles. The number of hydrogen-bond donors (Lipinski definition) is 1. The molecule has 2 rings (SSSR count). The fourth-order valence-electron chi connectivity index (χ4n) is 2.09. The summed E-state index contributed by atoms with van der Waals surface area (Å²) in [6, 6.07) is 7.85. The summed E-state index contributed by atoms with van der Waals surface area (Å²) in [6.45, 7) is 1.34. The summed E-state index contributed by atoms with van der Waals surface area (Å²) in [5.41, 5.74) is 2.08. The van der Waals surface area contributed by atoms with E-state index >= 15 is 0 Å². The Balaban J connectivity index is 1.95. The van der Waals surface area contributed by atoms with E-state index in [0.717, 1.165) is 27.4 Å². The molecule has 0 bridgehead atoms. The van der Waals surface area contributed by atoms with Gasteiger partial charge in [0.15, 0.2) is 11.1 Å². The molecule has 1 aromatic heterocycles.